The quantitative estimate of drug-likeness (QED) is 0.789. The lowest BCUT2D eigenvalue weighted by Crippen LogP contribution is -2.44. The second-order valence-corrected chi connectivity index (χ2v) is 7.64. The van der Waals surface area contributed by atoms with E-state index >= 15 is 0 Å². The van der Waals surface area contributed by atoms with Crippen molar-refractivity contribution in [1.82, 2.24) is 10.2 Å². The van der Waals surface area contributed by atoms with Crippen LogP contribution in [0.5, 0.6) is 0 Å². The zero-order chi connectivity index (χ0) is 14.5. The summed E-state index contributed by atoms with van der Waals surface area (Å²) in [6.45, 7) is 19.1. The van der Waals surface area contributed by atoms with Gasteiger partial charge < -0.3 is 10.2 Å². The van der Waals surface area contributed by atoms with Gasteiger partial charge in [-0.25, -0.2) is 0 Å². The van der Waals surface area contributed by atoms with Crippen molar-refractivity contribution in [2.75, 3.05) is 26.2 Å². The number of likely N-dealkylation sites (tertiary alicyclic amines) is 1. The molecule has 0 aromatic carbocycles. The first kappa shape index (κ1) is 17.0. The lowest BCUT2D eigenvalue weighted by Gasteiger charge is -2.36. The molecule has 0 aliphatic carbocycles. The second-order valence-electron chi connectivity index (χ2n) is 7.64. The van der Waals surface area contributed by atoms with Crippen LogP contribution in [0, 0.1) is 17.3 Å². The zero-order valence-electron chi connectivity index (χ0n) is 14.1. The van der Waals surface area contributed by atoms with Gasteiger partial charge in [0.1, 0.15) is 0 Å². The Hall–Kier alpha value is -0.0800. The van der Waals surface area contributed by atoms with Crippen molar-refractivity contribution in [2.24, 2.45) is 17.3 Å². The Morgan fingerprint density at radius 3 is 2.21 bits per heavy atom. The summed E-state index contributed by atoms with van der Waals surface area (Å²) in [5, 5.41) is 3.79. The van der Waals surface area contributed by atoms with Crippen LogP contribution in [0.1, 0.15) is 60.8 Å². The predicted molar refractivity (Wildman–Crippen MR) is 85.5 cm³/mol. The van der Waals surface area contributed by atoms with Crippen LogP contribution >= 0.6 is 0 Å². The van der Waals surface area contributed by atoms with Gasteiger partial charge in [0, 0.05) is 6.04 Å². The Balaban J connectivity index is 2.26. The van der Waals surface area contributed by atoms with Gasteiger partial charge in [-0.1, -0.05) is 34.6 Å². The summed E-state index contributed by atoms with van der Waals surface area (Å²) in [5.74, 6) is 1.61. The van der Waals surface area contributed by atoms with Crippen molar-refractivity contribution < 1.29 is 0 Å². The van der Waals surface area contributed by atoms with Crippen molar-refractivity contribution >= 4 is 0 Å². The Bertz CT molecular complexity index is 236. The van der Waals surface area contributed by atoms with Crippen LogP contribution in [-0.2, 0) is 0 Å². The Morgan fingerprint density at radius 1 is 1.16 bits per heavy atom. The molecule has 0 bridgehead atoms. The summed E-state index contributed by atoms with van der Waals surface area (Å²) in [5.41, 5.74) is 0.414. The number of nitrogens with zero attached hydrogens (tertiary/aromatic N) is 1. The maximum Gasteiger partial charge on any atom is 0.00680 e. The van der Waals surface area contributed by atoms with E-state index in [-0.39, 0.29) is 0 Å². The largest absolute Gasteiger partial charge is 0.314 e. The minimum atomic E-state index is 0.414. The smallest absolute Gasteiger partial charge is 0.00680 e. The van der Waals surface area contributed by atoms with Crippen molar-refractivity contribution in [2.45, 2.75) is 66.8 Å². The van der Waals surface area contributed by atoms with E-state index in [1.165, 1.54) is 38.9 Å². The van der Waals surface area contributed by atoms with E-state index in [1.54, 1.807) is 0 Å². The van der Waals surface area contributed by atoms with E-state index in [1.807, 2.05) is 0 Å². The van der Waals surface area contributed by atoms with Crippen LogP contribution in [0.15, 0.2) is 0 Å². The lowest BCUT2D eigenvalue weighted by molar-refractivity contribution is 0.156. The molecule has 0 aromatic rings. The third kappa shape index (κ3) is 5.83. The minimum absolute atomic E-state index is 0.414. The van der Waals surface area contributed by atoms with Crippen molar-refractivity contribution in [3.63, 3.8) is 0 Å². The highest BCUT2D eigenvalue weighted by atomic mass is 15.1. The molecule has 1 aliphatic heterocycles. The van der Waals surface area contributed by atoms with Crippen molar-refractivity contribution in [3.8, 4) is 0 Å². The number of hydrogen-bond acceptors (Lipinski definition) is 2. The summed E-state index contributed by atoms with van der Waals surface area (Å²) in [6.07, 6.45) is 4.04. The Morgan fingerprint density at radius 2 is 1.74 bits per heavy atom. The zero-order valence-corrected chi connectivity index (χ0v) is 14.1. The molecule has 2 heteroatoms. The minimum Gasteiger partial charge on any atom is -0.314 e. The van der Waals surface area contributed by atoms with Crippen LogP contribution in [0.3, 0.4) is 0 Å². The van der Waals surface area contributed by atoms with E-state index in [0.717, 1.165) is 18.4 Å². The maximum atomic E-state index is 3.79. The van der Waals surface area contributed by atoms with E-state index in [2.05, 4.69) is 51.8 Å². The molecular weight excluding hydrogens is 232 g/mol. The summed E-state index contributed by atoms with van der Waals surface area (Å²) in [6, 6.07) is 0.675. The van der Waals surface area contributed by atoms with Crippen LogP contribution in [-0.4, -0.2) is 37.1 Å². The molecule has 0 saturated carbocycles. The molecule has 0 radical (unpaired) electrons. The molecule has 0 amide bonds. The molecule has 2 nitrogen and oxygen atoms in total. The summed E-state index contributed by atoms with van der Waals surface area (Å²) in [7, 11) is 0. The number of nitrogens with one attached hydrogen (secondary N) is 1. The number of piperidine rings is 1. The fourth-order valence-corrected chi connectivity index (χ4v) is 2.83. The van der Waals surface area contributed by atoms with Gasteiger partial charge in [0.15, 0.2) is 0 Å². The molecule has 1 N–H and O–H groups in total. The highest BCUT2D eigenvalue weighted by Gasteiger charge is 2.25. The molecule has 1 heterocycles. The second kappa shape index (κ2) is 7.64. The highest BCUT2D eigenvalue weighted by Crippen LogP contribution is 2.25. The summed E-state index contributed by atoms with van der Waals surface area (Å²) < 4.78 is 0. The van der Waals surface area contributed by atoms with E-state index < -0.39 is 0 Å². The van der Waals surface area contributed by atoms with E-state index in [9.17, 15) is 0 Å². The van der Waals surface area contributed by atoms with Gasteiger partial charge in [0.2, 0.25) is 0 Å². The van der Waals surface area contributed by atoms with Crippen LogP contribution < -0.4 is 5.32 Å². The number of hydrogen-bond donors (Lipinski definition) is 1. The molecule has 0 spiro atoms. The van der Waals surface area contributed by atoms with Crippen molar-refractivity contribution in [1.29, 1.82) is 0 Å². The normalized spacial score (nSPS) is 22.4. The first-order chi connectivity index (χ1) is 8.84. The SMILES string of the molecule is CCCN1CCC(C(C)NCC(C)C(C)(C)C)CC1. The molecule has 19 heavy (non-hydrogen) atoms. The molecule has 2 atom stereocenters. The first-order valence-electron chi connectivity index (χ1n) is 8.30. The van der Waals surface area contributed by atoms with Crippen LogP contribution in [0.4, 0.5) is 0 Å². The molecule has 114 valence electrons. The van der Waals surface area contributed by atoms with E-state index in [0.29, 0.717) is 11.5 Å². The summed E-state index contributed by atoms with van der Waals surface area (Å²) in [4.78, 5) is 2.63. The average Bonchev–Trinajstić information content (AvgIpc) is 2.35. The topological polar surface area (TPSA) is 15.3 Å². The van der Waals surface area contributed by atoms with Gasteiger partial charge >= 0.3 is 0 Å². The fourth-order valence-electron chi connectivity index (χ4n) is 2.83. The van der Waals surface area contributed by atoms with Gasteiger partial charge in [-0.3, -0.25) is 0 Å². The Kier molecular flexibility index (Phi) is 6.82. The van der Waals surface area contributed by atoms with Gasteiger partial charge in [-0.05, 0) is 69.6 Å². The molecule has 2 unspecified atom stereocenters. The lowest BCUT2D eigenvalue weighted by atomic mass is 9.81. The molecule has 1 saturated heterocycles. The maximum absolute atomic E-state index is 3.79. The predicted octanol–water partition coefficient (Wildman–Crippen LogP) is 3.77. The summed E-state index contributed by atoms with van der Waals surface area (Å²) >= 11 is 0. The van der Waals surface area contributed by atoms with Gasteiger partial charge in [-0.2, -0.15) is 0 Å². The molecular formula is C17H36N2. The van der Waals surface area contributed by atoms with Gasteiger partial charge in [-0.15, -0.1) is 0 Å². The van der Waals surface area contributed by atoms with Gasteiger partial charge in [0.25, 0.3) is 0 Å². The van der Waals surface area contributed by atoms with Gasteiger partial charge in [0.05, 0.1) is 0 Å². The van der Waals surface area contributed by atoms with Crippen LogP contribution in [0.25, 0.3) is 0 Å². The van der Waals surface area contributed by atoms with Crippen molar-refractivity contribution in [3.05, 3.63) is 0 Å². The average molecular weight is 268 g/mol. The fraction of sp³-hybridized carbons (Fsp3) is 1.00. The molecule has 1 fully saturated rings. The Labute approximate surface area is 121 Å². The first-order valence-corrected chi connectivity index (χ1v) is 8.30. The molecule has 0 aromatic heterocycles. The van der Waals surface area contributed by atoms with Crippen LogP contribution in [0.2, 0.25) is 0 Å². The number of rotatable bonds is 6. The third-order valence-electron chi connectivity index (χ3n) is 5.10. The monoisotopic (exact) mass is 268 g/mol. The molecule has 1 rings (SSSR count). The third-order valence-corrected chi connectivity index (χ3v) is 5.10. The van der Waals surface area contributed by atoms with E-state index in [4.69, 9.17) is 0 Å². The standard InChI is InChI=1S/C17H36N2/c1-7-10-19-11-8-16(9-12-19)15(3)18-13-14(2)17(4,5)6/h14-16,18H,7-13H2,1-6H3. The molecule has 1 aliphatic rings. The highest BCUT2D eigenvalue weighted by molar-refractivity contribution is 4.81.